The normalized spacial score (nSPS) is 15.8. The van der Waals surface area contributed by atoms with E-state index in [2.05, 4.69) is 10.6 Å². The van der Waals surface area contributed by atoms with Gasteiger partial charge in [-0.25, -0.2) is 0 Å². The highest BCUT2D eigenvalue weighted by atomic mass is 35.5. The lowest BCUT2D eigenvalue weighted by atomic mass is 10.2. The number of hydrogen-bond donors (Lipinski definition) is 0. The van der Waals surface area contributed by atoms with Crippen molar-refractivity contribution in [2.45, 2.75) is 19.6 Å². The number of fused-ring (bicyclic) bond motifs is 1. The molecule has 0 aliphatic heterocycles. The summed E-state index contributed by atoms with van der Waals surface area (Å²) in [6.07, 6.45) is 4.72. The van der Waals surface area contributed by atoms with Gasteiger partial charge in [0, 0.05) is 16.6 Å². The largest absolute Gasteiger partial charge is 0.360 e. The molecule has 1 fully saturated rings. The van der Waals surface area contributed by atoms with Crippen LogP contribution in [0, 0.1) is 5.92 Å². The van der Waals surface area contributed by atoms with Gasteiger partial charge in [0.05, 0.1) is 12.1 Å². The van der Waals surface area contributed by atoms with Crippen molar-refractivity contribution in [3.8, 4) is 0 Å². The van der Waals surface area contributed by atoms with Crippen LogP contribution in [0.1, 0.15) is 12.8 Å². The summed E-state index contributed by atoms with van der Waals surface area (Å²) in [5, 5.41) is 1.95. The Morgan fingerprint density at radius 2 is 2.19 bits per heavy atom. The highest BCUT2D eigenvalue weighted by Crippen LogP contribution is 2.29. The van der Waals surface area contributed by atoms with Crippen molar-refractivity contribution in [3.05, 3.63) is 35.5 Å². The molecule has 0 saturated heterocycles. The van der Waals surface area contributed by atoms with Crippen molar-refractivity contribution in [2.24, 2.45) is 5.92 Å². The van der Waals surface area contributed by atoms with Gasteiger partial charge in [-0.15, -0.1) is 0 Å². The summed E-state index contributed by atoms with van der Waals surface area (Å²) in [4.78, 5) is 0. The Hall–Kier alpha value is -0.990. The Labute approximate surface area is 99.8 Å². The van der Waals surface area contributed by atoms with Crippen molar-refractivity contribution in [3.63, 3.8) is 0 Å². The van der Waals surface area contributed by atoms with E-state index in [-0.39, 0.29) is 0 Å². The SMILES string of the molecule is Clc1ccc2c(ccn2COCC2CC2)c1. The molecule has 0 unspecified atom stereocenters. The van der Waals surface area contributed by atoms with Crippen molar-refractivity contribution in [2.75, 3.05) is 6.61 Å². The molecule has 0 amide bonds. The molecule has 1 saturated carbocycles. The van der Waals surface area contributed by atoms with Gasteiger partial charge in [0.2, 0.25) is 0 Å². The van der Waals surface area contributed by atoms with Gasteiger partial charge in [0.15, 0.2) is 0 Å². The van der Waals surface area contributed by atoms with Crippen molar-refractivity contribution >= 4 is 22.5 Å². The van der Waals surface area contributed by atoms with E-state index in [1.165, 1.54) is 23.7 Å². The number of rotatable bonds is 4. The van der Waals surface area contributed by atoms with Crippen LogP contribution >= 0.6 is 11.6 Å². The van der Waals surface area contributed by atoms with Crippen LogP contribution in [0.3, 0.4) is 0 Å². The first-order valence-electron chi connectivity index (χ1n) is 5.65. The third-order valence-corrected chi connectivity index (χ3v) is 3.25. The number of ether oxygens (including phenoxy) is 1. The molecule has 3 heteroatoms. The van der Waals surface area contributed by atoms with E-state index in [4.69, 9.17) is 16.3 Å². The Morgan fingerprint density at radius 1 is 1.31 bits per heavy atom. The van der Waals surface area contributed by atoms with Crippen LogP contribution in [0.15, 0.2) is 30.5 Å². The van der Waals surface area contributed by atoms with Gasteiger partial charge >= 0.3 is 0 Å². The van der Waals surface area contributed by atoms with Crippen LogP contribution in [0.25, 0.3) is 10.9 Å². The quantitative estimate of drug-likeness (QED) is 0.789. The number of benzene rings is 1. The van der Waals surface area contributed by atoms with E-state index < -0.39 is 0 Å². The van der Waals surface area contributed by atoms with Gasteiger partial charge in [-0.3, -0.25) is 0 Å². The summed E-state index contributed by atoms with van der Waals surface area (Å²) in [6, 6.07) is 8.01. The summed E-state index contributed by atoms with van der Waals surface area (Å²) < 4.78 is 7.79. The van der Waals surface area contributed by atoms with Gasteiger partial charge in [-0.1, -0.05) is 11.6 Å². The van der Waals surface area contributed by atoms with Crippen molar-refractivity contribution < 1.29 is 4.74 Å². The average molecular weight is 236 g/mol. The maximum atomic E-state index is 5.94. The predicted molar refractivity (Wildman–Crippen MR) is 65.6 cm³/mol. The Balaban J connectivity index is 1.75. The van der Waals surface area contributed by atoms with Crippen LogP contribution in [0.2, 0.25) is 5.02 Å². The minimum Gasteiger partial charge on any atom is -0.360 e. The third kappa shape index (κ3) is 2.08. The smallest absolute Gasteiger partial charge is 0.122 e. The molecule has 2 nitrogen and oxygen atoms in total. The van der Waals surface area contributed by atoms with Gasteiger partial charge in [-0.2, -0.15) is 0 Å². The molecule has 0 radical (unpaired) electrons. The first-order valence-corrected chi connectivity index (χ1v) is 6.03. The maximum Gasteiger partial charge on any atom is 0.122 e. The summed E-state index contributed by atoms with van der Waals surface area (Å²) in [7, 11) is 0. The number of aromatic nitrogens is 1. The van der Waals surface area contributed by atoms with Crippen LogP contribution in [0.5, 0.6) is 0 Å². The minimum atomic E-state index is 0.641. The lowest BCUT2D eigenvalue weighted by molar-refractivity contribution is 0.0718. The molecule has 1 aliphatic carbocycles. The van der Waals surface area contributed by atoms with E-state index in [0.29, 0.717) is 6.73 Å². The molecule has 3 rings (SSSR count). The zero-order chi connectivity index (χ0) is 11.0. The standard InChI is InChI=1S/C13H14ClNO/c14-12-3-4-13-11(7-12)5-6-15(13)9-16-8-10-1-2-10/h3-7,10H,1-2,8-9H2. The van der Waals surface area contributed by atoms with E-state index in [9.17, 15) is 0 Å². The van der Waals surface area contributed by atoms with Crippen molar-refractivity contribution in [1.82, 2.24) is 4.57 Å². The van der Waals surface area contributed by atoms with Crippen molar-refractivity contribution in [1.29, 1.82) is 0 Å². The van der Waals surface area contributed by atoms with Crippen LogP contribution in [-0.2, 0) is 11.5 Å². The monoisotopic (exact) mass is 235 g/mol. The van der Waals surface area contributed by atoms with E-state index >= 15 is 0 Å². The zero-order valence-electron chi connectivity index (χ0n) is 9.03. The molecule has 1 aliphatic rings. The van der Waals surface area contributed by atoms with E-state index in [1.54, 1.807) is 0 Å². The molecule has 0 bridgehead atoms. The summed E-state index contributed by atoms with van der Waals surface area (Å²) in [5.74, 6) is 0.816. The maximum absolute atomic E-state index is 5.94. The second-order valence-corrected chi connectivity index (χ2v) is 4.87. The molecule has 16 heavy (non-hydrogen) atoms. The molecule has 0 atom stereocenters. The number of halogens is 1. The first kappa shape index (κ1) is 10.2. The molecule has 1 aromatic carbocycles. The highest BCUT2D eigenvalue weighted by Gasteiger charge is 2.21. The summed E-state index contributed by atoms with van der Waals surface area (Å²) in [5.41, 5.74) is 1.18. The fraction of sp³-hybridized carbons (Fsp3) is 0.385. The molecular formula is C13H14ClNO. The Morgan fingerprint density at radius 3 is 3.00 bits per heavy atom. The Kier molecular flexibility index (Phi) is 2.62. The van der Waals surface area contributed by atoms with E-state index in [0.717, 1.165) is 17.5 Å². The Bertz CT molecular complexity index is 502. The minimum absolute atomic E-state index is 0.641. The molecule has 2 aromatic rings. The van der Waals surface area contributed by atoms with E-state index in [1.807, 2.05) is 24.4 Å². The topological polar surface area (TPSA) is 14.2 Å². The van der Waals surface area contributed by atoms with Crippen LogP contribution < -0.4 is 0 Å². The molecule has 0 N–H and O–H groups in total. The molecule has 1 heterocycles. The molecule has 84 valence electrons. The fourth-order valence-corrected chi connectivity index (χ4v) is 2.07. The molecular weight excluding hydrogens is 222 g/mol. The predicted octanol–water partition coefficient (Wildman–Crippen LogP) is 3.68. The summed E-state index contributed by atoms with van der Waals surface area (Å²) >= 11 is 5.94. The molecule has 1 aromatic heterocycles. The van der Waals surface area contributed by atoms with Gasteiger partial charge in [0.25, 0.3) is 0 Å². The zero-order valence-corrected chi connectivity index (χ0v) is 9.78. The van der Waals surface area contributed by atoms with Gasteiger partial charge in [-0.05, 0) is 43.0 Å². The average Bonchev–Trinajstić information content (AvgIpc) is 3.00. The second kappa shape index (κ2) is 4.11. The molecule has 0 spiro atoms. The third-order valence-electron chi connectivity index (χ3n) is 3.01. The fourth-order valence-electron chi connectivity index (χ4n) is 1.89. The van der Waals surface area contributed by atoms with Crippen LogP contribution in [0.4, 0.5) is 0 Å². The highest BCUT2D eigenvalue weighted by molar-refractivity contribution is 6.31. The lowest BCUT2D eigenvalue weighted by Gasteiger charge is -2.06. The number of nitrogens with zero attached hydrogens (tertiary/aromatic N) is 1. The van der Waals surface area contributed by atoms with Gasteiger partial charge in [0.1, 0.15) is 6.73 Å². The second-order valence-electron chi connectivity index (χ2n) is 4.43. The van der Waals surface area contributed by atoms with Gasteiger partial charge < -0.3 is 9.30 Å². The first-order chi connectivity index (χ1) is 7.83. The lowest BCUT2D eigenvalue weighted by Crippen LogP contribution is -2.03. The number of hydrogen-bond acceptors (Lipinski definition) is 1. The van der Waals surface area contributed by atoms with Crippen LogP contribution in [-0.4, -0.2) is 11.2 Å². The summed E-state index contributed by atoms with van der Waals surface area (Å²) in [6.45, 7) is 1.54.